The lowest BCUT2D eigenvalue weighted by molar-refractivity contribution is -0.173. The fourth-order valence-electron chi connectivity index (χ4n) is 13.2. The molecule has 0 bridgehead atoms. The van der Waals surface area contributed by atoms with E-state index in [1.807, 2.05) is 6.92 Å². The Balaban J connectivity index is 0.663. The summed E-state index contributed by atoms with van der Waals surface area (Å²) in [7, 11) is 1.47. The van der Waals surface area contributed by atoms with Crippen molar-refractivity contribution in [3.63, 3.8) is 0 Å². The number of ether oxygens (including phenoxy) is 3. The van der Waals surface area contributed by atoms with E-state index in [0.29, 0.717) is 95.5 Å². The topological polar surface area (TPSA) is 332 Å². The van der Waals surface area contributed by atoms with Crippen LogP contribution in [0.25, 0.3) is 22.3 Å². The number of esters is 1. The number of likely N-dealkylation sites (N-methyl/N-ethyl adjacent to an activating group) is 1. The second kappa shape index (κ2) is 29.1. The Hall–Kier alpha value is -11.1. The molecular weight excluding hydrogens is 1270 g/mol. The SMILES string of the molecule is CCCCC(=O)N[C@H]1CCc2c(C)c(F)cc3nc4c(c1c23)Cn1c-4cc2c(c1=O)COC(=O)[C@@]2(CC)OC(=O)N(C)C[C@@H]1CCCN1C(=O)OCc1ccc(NC(=O)CNC(=O)[C@H](Cc2ccccc2)NC(=O)CNC(=O)CNC(=O)c2cc(C)cc(N3C(=O)C=CC3=O)c2)cc1. The average molecular weight is 1340 g/mol. The van der Waals surface area contributed by atoms with E-state index in [0.717, 1.165) is 40.0 Å². The van der Waals surface area contributed by atoms with E-state index in [1.54, 1.807) is 87.5 Å². The fraction of sp³-hybridized carbons (Fsp3) is 0.366. The van der Waals surface area contributed by atoms with Gasteiger partial charge in [0.1, 0.15) is 25.1 Å². The molecule has 4 aromatic carbocycles. The van der Waals surface area contributed by atoms with E-state index in [-0.39, 0.29) is 67.4 Å². The fourth-order valence-corrected chi connectivity index (χ4v) is 13.2. The number of rotatable bonds is 23. The molecule has 4 aliphatic heterocycles. The number of aromatic nitrogens is 2. The molecule has 4 atom stereocenters. The highest BCUT2D eigenvalue weighted by molar-refractivity contribution is 6.28. The first-order valence-corrected chi connectivity index (χ1v) is 32.5. The van der Waals surface area contributed by atoms with Crippen LogP contribution >= 0.6 is 0 Å². The molecule has 510 valence electrons. The molecule has 1 aliphatic carbocycles. The normalized spacial score (nSPS) is 17.4. The summed E-state index contributed by atoms with van der Waals surface area (Å²) >= 11 is 0. The van der Waals surface area contributed by atoms with Crippen molar-refractivity contribution >= 4 is 87.7 Å². The number of cyclic esters (lactones) is 1. The van der Waals surface area contributed by atoms with Gasteiger partial charge in [-0.2, -0.15) is 0 Å². The molecule has 10 amide bonds. The van der Waals surface area contributed by atoms with Gasteiger partial charge >= 0.3 is 18.2 Å². The molecule has 6 aromatic rings. The zero-order chi connectivity index (χ0) is 69.7. The number of hydrogen-bond acceptors (Lipinski definition) is 16. The van der Waals surface area contributed by atoms with Crippen LogP contribution in [0.4, 0.5) is 25.4 Å². The predicted molar refractivity (Wildman–Crippen MR) is 353 cm³/mol. The summed E-state index contributed by atoms with van der Waals surface area (Å²) in [4.78, 5) is 169. The summed E-state index contributed by atoms with van der Waals surface area (Å²) in [6.45, 7) is 5.29. The summed E-state index contributed by atoms with van der Waals surface area (Å²) in [5.74, 6) is -6.01. The van der Waals surface area contributed by atoms with Crippen molar-refractivity contribution in [1.82, 2.24) is 45.9 Å². The molecule has 26 nitrogen and oxygen atoms in total. The van der Waals surface area contributed by atoms with Gasteiger partial charge in [0, 0.05) is 79.0 Å². The molecule has 0 radical (unpaired) electrons. The molecule has 6 heterocycles. The summed E-state index contributed by atoms with van der Waals surface area (Å²) in [6.07, 6.45) is 4.57. The Morgan fingerprint density at radius 2 is 1.54 bits per heavy atom. The second-order valence-corrected chi connectivity index (χ2v) is 25.0. The van der Waals surface area contributed by atoms with Gasteiger partial charge in [-0.05, 0) is 122 Å². The number of carbonyl (C=O) groups excluding carboxylic acids is 11. The van der Waals surface area contributed by atoms with Crippen LogP contribution in [0.2, 0.25) is 0 Å². The molecule has 27 heteroatoms. The zero-order valence-electron chi connectivity index (χ0n) is 54.7. The van der Waals surface area contributed by atoms with Crippen molar-refractivity contribution in [1.29, 1.82) is 0 Å². The number of hydrogen-bond donors (Lipinski definition) is 6. The first-order valence-electron chi connectivity index (χ1n) is 32.5. The van der Waals surface area contributed by atoms with Crippen LogP contribution in [0, 0.1) is 19.7 Å². The summed E-state index contributed by atoms with van der Waals surface area (Å²) in [5, 5.41) is 16.6. The van der Waals surface area contributed by atoms with Gasteiger partial charge in [0.15, 0.2) is 0 Å². The number of amides is 10. The monoisotopic (exact) mass is 1340 g/mol. The van der Waals surface area contributed by atoms with Crippen LogP contribution in [0.5, 0.6) is 0 Å². The molecule has 6 N–H and O–H groups in total. The minimum atomic E-state index is -2.07. The lowest BCUT2D eigenvalue weighted by Gasteiger charge is -2.37. The Morgan fingerprint density at radius 1 is 0.806 bits per heavy atom. The smallest absolute Gasteiger partial charge is 0.411 e. The van der Waals surface area contributed by atoms with Gasteiger partial charge in [-0.15, -0.1) is 0 Å². The molecule has 0 unspecified atom stereocenters. The van der Waals surface area contributed by atoms with E-state index in [2.05, 4.69) is 31.9 Å². The van der Waals surface area contributed by atoms with E-state index >= 15 is 4.39 Å². The minimum Gasteiger partial charge on any atom is -0.457 e. The van der Waals surface area contributed by atoms with Crippen LogP contribution in [-0.4, -0.2) is 137 Å². The predicted octanol–water partition coefficient (Wildman–Crippen LogP) is 5.76. The van der Waals surface area contributed by atoms with Crippen molar-refractivity contribution in [3.8, 4) is 11.4 Å². The van der Waals surface area contributed by atoms with Gasteiger partial charge in [0.25, 0.3) is 23.3 Å². The van der Waals surface area contributed by atoms with Crippen LogP contribution in [0.15, 0.2) is 102 Å². The molecule has 2 aromatic heterocycles. The van der Waals surface area contributed by atoms with E-state index in [4.69, 9.17) is 19.2 Å². The lowest BCUT2D eigenvalue weighted by Crippen LogP contribution is -2.52. The Labute approximate surface area is 562 Å². The van der Waals surface area contributed by atoms with Crippen LogP contribution < -0.4 is 42.4 Å². The third-order valence-electron chi connectivity index (χ3n) is 18.3. The number of likely N-dealkylation sites (tertiary alicyclic amines) is 1. The van der Waals surface area contributed by atoms with Gasteiger partial charge in [-0.1, -0.05) is 62.7 Å². The van der Waals surface area contributed by atoms with Gasteiger partial charge in [0.2, 0.25) is 35.1 Å². The molecule has 5 aliphatic rings. The number of anilines is 2. The maximum Gasteiger partial charge on any atom is 0.411 e. The molecule has 11 rings (SSSR count). The number of pyridine rings is 2. The first-order chi connectivity index (χ1) is 47.0. The molecule has 98 heavy (non-hydrogen) atoms. The van der Waals surface area contributed by atoms with Gasteiger partial charge in [-0.3, -0.25) is 43.2 Å². The van der Waals surface area contributed by atoms with Crippen LogP contribution in [-0.2, 0) is 90.8 Å². The highest BCUT2D eigenvalue weighted by Gasteiger charge is 2.52. The Morgan fingerprint density at radius 3 is 2.28 bits per heavy atom. The molecule has 0 spiro atoms. The zero-order valence-corrected chi connectivity index (χ0v) is 54.7. The number of unbranched alkanes of at least 4 members (excludes halogenated alkanes) is 1. The highest BCUT2D eigenvalue weighted by atomic mass is 19.1. The van der Waals surface area contributed by atoms with Crippen LogP contribution in [0.1, 0.15) is 125 Å². The average Bonchev–Trinajstić information content (AvgIpc) is 1.47. The van der Waals surface area contributed by atoms with Gasteiger partial charge in [-0.25, -0.2) is 28.7 Å². The summed E-state index contributed by atoms with van der Waals surface area (Å²) < 4.78 is 34.7. The van der Waals surface area contributed by atoms with Crippen molar-refractivity contribution in [2.75, 3.05) is 50.0 Å². The second-order valence-electron chi connectivity index (χ2n) is 25.0. The van der Waals surface area contributed by atoms with Gasteiger partial charge < -0.3 is 60.5 Å². The van der Waals surface area contributed by atoms with Gasteiger partial charge in [0.05, 0.1) is 66.4 Å². The molecular formula is C71H74FN11O15. The minimum absolute atomic E-state index is 0.0143. The number of nitrogens with zero attached hydrogens (tertiary/aromatic N) is 5. The Bertz CT molecular complexity index is 4350. The number of aryl methyl sites for hydroxylation is 2. The largest absolute Gasteiger partial charge is 0.457 e. The third kappa shape index (κ3) is 14.4. The van der Waals surface area contributed by atoms with Crippen molar-refractivity contribution in [3.05, 3.63) is 169 Å². The number of carbonyl (C=O) groups is 11. The Kier molecular flexibility index (Phi) is 20.3. The van der Waals surface area contributed by atoms with E-state index in [1.165, 1.54) is 39.6 Å². The van der Waals surface area contributed by atoms with Crippen molar-refractivity contribution < 1.29 is 71.3 Å². The number of imide groups is 1. The first kappa shape index (κ1) is 68.3. The standard InChI is InChI=1S/C71H74FN11O15/c1-6-8-16-56(84)77-52-22-21-47-40(4)51(72)31-53-62(47)63(52)48-36-82-55(64(48)79-53)30-50-49(67(82)92)38-96-68(93)71(50,7-2)98-69(94)80(5)35-45-15-12-25-81(45)70(95)97-37-42-17-19-44(20-18-42)76-58(86)34-75-66(91)54(28-41-13-10-9-11-14-41)78-59(87)33-73-57(85)32-74-65(90)43-26-39(3)27-46(29-43)83-60(88)23-24-61(83)89/h9-11,13-14,17-20,23-24,26-27,29-31,45,52,54H,6-8,12,15-16,21-22,25,28,32-38H2,1-5H3,(H,73,85)(H,74,90)(H,75,91)(H,76,86)(H,77,84)(H,78,87)/t45-,52-,54-,71-/m0/s1. The maximum absolute atomic E-state index is 15.6. The number of halogens is 1. The lowest BCUT2D eigenvalue weighted by atomic mass is 9.81. The molecule has 1 fully saturated rings. The maximum atomic E-state index is 15.6. The number of benzene rings is 4. The third-order valence-corrected chi connectivity index (χ3v) is 18.3. The van der Waals surface area contributed by atoms with Crippen LogP contribution in [0.3, 0.4) is 0 Å². The quantitative estimate of drug-likeness (QED) is 0.0252. The van der Waals surface area contributed by atoms with Crippen molar-refractivity contribution in [2.45, 2.75) is 129 Å². The van der Waals surface area contributed by atoms with E-state index < -0.39 is 114 Å². The van der Waals surface area contributed by atoms with Crippen molar-refractivity contribution in [2.24, 2.45) is 0 Å². The van der Waals surface area contributed by atoms with E-state index in [9.17, 15) is 57.5 Å². The highest BCUT2D eigenvalue weighted by Crippen LogP contribution is 2.47. The number of fused-ring (bicyclic) bond motifs is 5. The summed E-state index contributed by atoms with van der Waals surface area (Å²) in [6, 6.07) is 20.4. The summed E-state index contributed by atoms with van der Waals surface area (Å²) in [5.41, 5.74) is 4.00. The molecule has 1 saturated heterocycles. The number of nitrogens with one attached hydrogen (secondary N) is 6. The molecule has 0 saturated carbocycles.